The number of nitrogens with zero attached hydrogens (tertiary/aromatic N) is 4. The second-order valence-corrected chi connectivity index (χ2v) is 11.0. The predicted octanol–water partition coefficient (Wildman–Crippen LogP) is 5.01. The molecule has 3 heterocycles. The second kappa shape index (κ2) is 7.74. The molecule has 176 valence electrons. The zero-order chi connectivity index (χ0) is 23.6. The Morgan fingerprint density at radius 1 is 0.857 bits per heavy atom. The molecule has 35 heavy (non-hydrogen) atoms. The van der Waals surface area contributed by atoms with Crippen molar-refractivity contribution in [1.82, 2.24) is 19.4 Å². The summed E-state index contributed by atoms with van der Waals surface area (Å²) in [4.78, 5) is 26.6. The monoisotopic (exact) mass is 464 g/mol. The van der Waals surface area contributed by atoms with Crippen molar-refractivity contribution in [2.45, 2.75) is 45.1 Å². The number of hydrogen-bond donors (Lipinski definition) is 0. The van der Waals surface area contributed by atoms with Crippen LogP contribution in [0.4, 0.5) is 0 Å². The number of pyridine rings is 1. The Morgan fingerprint density at radius 3 is 2.26 bits per heavy atom. The zero-order valence-electron chi connectivity index (χ0n) is 19.6. The molecule has 0 N–H and O–H groups in total. The minimum absolute atomic E-state index is 0.0543. The highest BCUT2D eigenvalue weighted by atomic mass is 16.1. The molecule has 0 saturated heterocycles. The molecule has 0 unspecified atom stereocenters. The van der Waals surface area contributed by atoms with Crippen molar-refractivity contribution < 1.29 is 4.79 Å². The highest BCUT2D eigenvalue weighted by molar-refractivity contribution is 5.90. The standard InChI is InChI=1S/C29H28N4O2/c34-25(29-15-19-12-20(16-29)14-21(13-19)17-29)18-33-26(35)10-9-23(30-33)27-24-8-4-5-11-32(24)31-28(27)22-6-2-1-3-7-22/h1-11,19-21H,12-18H2. The molecule has 4 fully saturated rings. The van der Waals surface area contributed by atoms with E-state index in [1.165, 1.54) is 30.0 Å². The maximum absolute atomic E-state index is 13.7. The molecule has 6 heteroatoms. The largest absolute Gasteiger partial charge is 0.297 e. The number of fused-ring (bicyclic) bond motifs is 1. The first kappa shape index (κ1) is 20.8. The Morgan fingerprint density at radius 2 is 1.54 bits per heavy atom. The van der Waals surface area contributed by atoms with Crippen molar-refractivity contribution >= 4 is 11.3 Å². The molecule has 8 rings (SSSR count). The first-order valence-corrected chi connectivity index (χ1v) is 12.7. The van der Waals surface area contributed by atoms with E-state index in [9.17, 15) is 9.59 Å². The fourth-order valence-electron chi connectivity index (χ4n) is 7.50. The van der Waals surface area contributed by atoms with Gasteiger partial charge in [-0.25, -0.2) is 9.20 Å². The molecule has 3 aromatic heterocycles. The molecule has 0 aliphatic heterocycles. The average Bonchev–Trinajstić information content (AvgIpc) is 3.25. The van der Waals surface area contributed by atoms with Crippen LogP contribution in [-0.4, -0.2) is 25.2 Å². The molecule has 0 atom stereocenters. The summed E-state index contributed by atoms with van der Waals surface area (Å²) in [5.74, 6) is 2.27. The lowest BCUT2D eigenvalue weighted by molar-refractivity contribution is -0.144. The van der Waals surface area contributed by atoms with E-state index in [1.807, 2.05) is 59.2 Å². The SMILES string of the molecule is O=C(Cn1nc(-c2c(-c3ccccc3)nn3ccccc23)ccc1=O)C12CC3CC(CC(C3)C1)C2. The van der Waals surface area contributed by atoms with Crippen LogP contribution >= 0.6 is 0 Å². The van der Waals surface area contributed by atoms with E-state index in [1.54, 1.807) is 6.07 Å². The summed E-state index contributed by atoms with van der Waals surface area (Å²) in [7, 11) is 0. The molecule has 6 nitrogen and oxygen atoms in total. The lowest BCUT2D eigenvalue weighted by atomic mass is 9.48. The van der Waals surface area contributed by atoms with Gasteiger partial charge in [0.2, 0.25) is 0 Å². The Hall–Kier alpha value is -3.54. The van der Waals surface area contributed by atoms with Crippen LogP contribution < -0.4 is 5.56 Å². The lowest BCUT2D eigenvalue weighted by Crippen LogP contribution is -2.51. The van der Waals surface area contributed by atoms with E-state index >= 15 is 0 Å². The van der Waals surface area contributed by atoms with Gasteiger partial charge in [0, 0.05) is 23.2 Å². The Labute approximate surface area is 203 Å². The van der Waals surface area contributed by atoms with E-state index in [0.29, 0.717) is 23.4 Å². The molecule has 4 saturated carbocycles. The van der Waals surface area contributed by atoms with Gasteiger partial charge in [-0.2, -0.15) is 10.2 Å². The molecule has 1 aromatic carbocycles. The highest BCUT2D eigenvalue weighted by Gasteiger charge is 2.54. The van der Waals surface area contributed by atoms with E-state index in [-0.39, 0.29) is 23.3 Å². The van der Waals surface area contributed by atoms with Gasteiger partial charge in [-0.3, -0.25) is 9.59 Å². The second-order valence-electron chi connectivity index (χ2n) is 11.0. The van der Waals surface area contributed by atoms with Gasteiger partial charge < -0.3 is 0 Å². The van der Waals surface area contributed by atoms with Crippen LogP contribution in [0.3, 0.4) is 0 Å². The Bertz CT molecular complexity index is 1460. The van der Waals surface area contributed by atoms with Crippen LogP contribution in [0.5, 0.6) is 0 Å². The summed E-state index contributed by atoms with van der Waals surface area (Å²) in [6.07, 6.45) is 8.78. The fourth-order valence-corrected chi connectivity index (χ4v) is 7.50. The van der Waals surface area contributed by atoms with E-state index in [2.05, 4.69) is 0 Å². The van der Waals surface area contributed by atoms with Gasteiger partial charge >= 0.3 is 0 Å². The molecule has 4 aromatic rings. The fraction of sp³-hybridized carbons (Fsp3) is 0.379. The Kier molecular flexibility index (Phi) is 4.60. The molecule has 0 amide bonds. The molecule has 4 aliphatic rings. The van der Waals surface area contributed by atoms with Crippen LogP contribution in [0, 0.1) is 23.2 Å². The van der Waals surface area contributed by atoms with Gasteiger partial charge in [-0.1, -0.05) is 36.4 Å². The summed E-state index contributed by atoms with van der Waals surface area (Å²) in [6.45, 7) is 0.0543. The lowest BCUT2D eigenvalue weighted by Gasteiger charge is -2.55. The number of hydrogen-bond acceptors (Lipinski definition) is 4. The first-order chi connectivity index (χ1) is 17.1. The minimum atomic E-state index is -0.245. The number of benzene rings is 1. The molecule has 0 radical (unpaired) electrons. The third-order valence-electron chi connectivity index (χ3n) is 8.63. The van der Waals surface area contributed by atoms with Crippen molar-refractivity contribution in [2.24, 2.45) is 23.2 Å². The van der Waals surface area contributed by atoms with Gasteiger partial charge in [-0.05, 0) is 74.5 Å². The van der Waals surface area contributed by atoms with E-state index in [0.717, 1.165) is 41.6 Å². The molecular formula is C29H28N4O2. The zero-order valence-corrected chi connectivity index (χ0v) is 19.6. The van der Waals surface area contributed by atoms with E-state index < -0.39 is 0 Å². The molecule has 4 bridgehead atoms. The van der Waals surface area contributed by atoms with Crippen molar-refractivity contribution in [1.29, 1.82) is 0 Å². The normalized spacial score (nSPS) is 26.9. The number of Topliss-reactive ketones (excluding diaryl/α,β-unsaturated/α-hetero) is 1. The predicted molar refractivity (Wildman–Crippen MR) is 134 cm³/mol. The summed E-state index contributed by atoms with van der Waals surface area (Å²) in [5.41, 5.74) is 3.75. The maximum atomic E-state index is 13.7. The van der Waals surface area contributed by atoms with Crippen molar-refractivity contribution in [3.05, 3.63) is 77.2 Å². The minimum Gasteiger partial charge on any atom is -0.297 e. The van der Waals surface area contributed by atoms with Crippen molar-refractivity contribution in [3.8, 4) is 22.5 Å². The molecule has 4 aliphatic carbocycles. The van der Waals surface area contributed by atoms with Gasteiger partial charge in [0.05, 0.1) is 16.8 Å². The number of rotatable bonds is 5. The highest BCUT2D eigenvalue weighted by Crippen LogP contribution is 2.60. The van der Waals surface area contributed by atoms with Gasteiger partial charge in [-0.15, -0.1) is 0 Å². The summed E-state index contributed by atoms with van der Waals surface area (Å²) in [5, 5.41) is 9.57. The number of ketones is 1. The summed E-state index contributed by atoms with van der Waals surface area (Å²) < 4.78 is 3.23. The molecular weight excluding hydrogens is 436 g/mol. The first-order valence-electron chi connectivity index (χ1n) is 12.7. The summed E-state index contributed by atoms with van der Waals surface area (Å²) in [6, 6.07) is 19.2. The van der Waals surface area contributed by atoms with Crippen LogP contribution in [0.15, 0.2) is 71.7 Å². The maximum Gasteiger partial charge on any atom is 0.267 e. The van der Waals surface area contributed by atoms with Crippen LogP contribution in [0.25, 0.3) is 28.0 Å². The number of carbonyl (C=O) groups excluding carboxylic acids is 1. The Balaban J connectivity index is 1.29. The van der Waals surface area contributed by atoms with E-state index in [4.69, 9.17) is 10.2 Å². The van der Waals surface area contributed by atoms with Crippen LogP contribution in [-0.2, 0) is 11.3 Å². The number of aromatic nitrogens is 4. The van der Waals surface area contributed by atoms with Crippen molar-refractivity contribution in [2.75, 3.05) is 0 Å². The topological polar surface area (TPSA) is 69.3 Å². The smallest absolute Gasteiger partial charge is 0.267 e. The third kappa shape index (κ3) is 3.38. The quantitative estimate of drug-likeness (QED) is 0.416. The number of carbonyl (C=O) groups is 1. The van der Waals surface area contributed by atoms with Gasteiger partial charge in [0.1, 0.15) is 12.2 Å². The van der Waals surface area contributed by atoms with Crippen LogP contribution in [0.2, 0.25) is 0 Å². The average molecular weight is 465 g/mol. The van der Waals surface area contributed by atoms with Gasteiger partial charge in [0.25, 0.3) is 5.56 Å². The summed E-state index contributed by atoms with van der Waals surface area (Å²) >= 11 is 0. The van der Waals surface area contributed by atoms with Gasteiger partial charge in [0.15, 0.2) is 5.78 Å². The van der Waals surface area contributed by atoms with Crippen LogP contribution in [0.1, 0.15) is 38.5 Å². The third-order valence-corrected chi connectivity index (χ3v) is 8.63. The molecule has 0 spiro atoms. The van der Waals surface area contributed by atoms with Crippen molar-refractivity contribution in [3.63, 3.8) is 0 Å².